The molecule has 0 spiro atoms. The van der Waals surface area contributed by atoms with Crippen LogP contribution in [0.15, 0.2) is 65.7 Å². The highest BCUT2D eigenvalue weighted by atomic mass is 32.1. The van der Waals surface area contributed by atoms with Gasteiger partial charge in [-0.2, -0.15) is 0 Å². The molecule has 0 aliphatic heterocycles. The second-order valence-corrected chi connectivity index (χ2v) is 7.23. The van der Waals surface area contributed by atoms with E-state index in [-0.39, 0.29) is 17.6 Å². The molecule has 0 aliphatic rings. The number of hydrogen-bond donors (Lipinski definition) is 2. The number of carbonyl (C=O) groups is 2. The summed E-state index contributed by atoms with van der Waals surface area (Å²) in [6, 6.07) is 10.3. The van der Waals surface area contributed by atoms with Crippen LogP contribution in [0, 0.1) is 6.92 Å². The van der Waals surface area contributed by atoms with E-state index in [0.717, 1.165) is 17.2 Å². The average Bonchev–Trinajstić information content (AvgIpc) is 3.48. The Hall–Kier alpha value is -3.72. The first-order chi connectivity index (χ1) is 14.1. The fourth-order valence-electron chi connectivity index (χ4n) is 2.70. The number of hydrogen-bond acceptors (Lipinski definition) is 6. The molecule has 0 unspecified atom stereocenters. The molecule has 0 atom stereocenters. The van der Waals surface area contributed by atoms with Gasteiger partial charge in [-0.15, -0.1) is 11.3 Å². The van der Waals surface area contributed by atoms with E-state index in [4.69, 9.17) is 4.42 Å². The summed E-state index contributed by atoms with van der Waals surface area (Å²) in [6.45, 7) is 2.25. The van der Waals surface area contributed by atoms with Crippen LogP contribution in [-0.2, 0) is 6.54 Å². The second kappa shape index (κ2) is 8.11. The highest BCUT2D eigenvalue weighted by Gasteiger charge is 2.13. The average molecular weight is 407 g/mol. The van der Waals surface area contributed by atoms with Crippen LogP contribution in [0.2, 0.25) is 0 Å². The third-order valence-corrected chi connectivity index (χ3v) is 5.15. The summed E-state index contributed by atoms with van der Waals surface area (Å²) in [7, 11) is 0. The predicted molar refractivity (Wildman–Crippen MR) is 108 cm³/mol. The molecule has 2 N–H and O–H groups in total. The first kappa shape index (κ1) is 18.6. The number of pyridine rings is 1. The van der Waals surface area contributed by atoms with Crippen LogP contribution in [-0.4, -0.2) is 26.3 Å². The fraction of sp³-hybridized carbons (Fsp3) is 0.100. The summed E-state index contributed by atoms with van der Waals surface area (Å²) in [5, 5.41) is 6.16. The molecule has 9 heteroatoms. The maximum atomic E-state index is 12.5. The van der Waals surface area contributed by atoms with E-state index in [1.807, 2.05) is 29.8 Å². The number of imidazole rings is 1. The number of nitrogens with one attached hydrogen (secondary N) is 2. The monoisotopic (exact) mass is 407 g/mol. The molecule has 29 heavy (non-hydrogen) atoms. The molecule has 0 radical (unpaired) electrons. The number of furan rings is 1. The molecule has 0 saturated heterocycles. The van der Waals surface area contributed by atoms with E-state index >= 15 is 0 Å². The minimum Gasteiger partial charge on any atom is -0.459 e. The van der Waals surface area contributed by atoms with Crippen LogP contribution < -0.4 is 10.6 Å². The van der Waals surface area contributed by atoms with Gasteiger partial charge in [0, 0.05) is 25.1 Å². The van der Waals surface area contributed by atoms with Crippen molar-refractivity contribution in [3.05, 3.63) is 83.3 Å². The molecule has 4 aromatic heterocycles. The molecule has 4 aromatic rings. The number of anilines is 1. The number of carbonyl (C=O) groups excluding carboxylic acids is 2. The predicted octanol–water partition coefficient (Wildman–Crippen LogP) is 3.41. The van der Waals surface area contributed by atoms with Gasteiger partial charge in [-0.05, 0) is 48.9 Å². The molecule has 0 aliphatic carbocycles. The van der Waals surface area contributed by atoms with Gasteiger partial charge in [0.1, 0.15) is 11.6 Å². The molecule has 0 aromatic carbocycles. The quantitative estimate of drug-likeness (QED) is 0.510. The zero-order valence-electron chi connectivity index (χ0n) is 15.5. The molecule has 146 valence electrons. The van der Waals surface area contributed by atoms with Gasteiger partial charge in [-0.1, -0.05) is 0 Å². The van der Waals surface area contributed by atoms with Crippen molar-refractivity contribution >= 4 is 28.2 Å². The Labute approximate surface area is 170 Å². The number of amides is 2. The lowest BCUT2D eigenvalue weighted by Crippen LogP contribution is -2.22. The zero-order chi connectivity index (χ0) is 20.2. The van der Waals surface area contributed by atoms with Crippen molar-refractivity contribution in [2.45, 2.75) is 13.5 Å². The maximum Gasteiger partial charge on any atom is 0.291 e. The van der Waals surface area contributed by atoms with Crippen molar-refractivity contribution in [2.24, 2.45) is 0 Å². The summed E-state index contributed by atoms with van der Waals surface area (Å²) in [5.41, 5.74) is 0.916. The molecule has 8 nitrogen and oxygen atoms in total. The number of aromatic nitrogens is 3. The molecule has 0 saturated carbocycles. The van der Waals surface area contributed by atoms with Gasteiger partial charge in [-0.25, -0.2) is 9.97 Å². The highest BCUT2D eigenvalue weighted by Crippen LogP contribution is 2.22. The van der Waals surface area contributed by atoms with Gasteiger partial charge in [-0.3, -0.25) is 14.2 Å². The largest absolute Gasteiger partial charge is 0.459 e. The number of rotatable bonds is 6. The van der Waals surface area contributed by atoms with E-state index in [2.05, 4.69) is 20.6 Å². The SMILES string of the molecule is Cc1nccn1-c1cc(CNC(=O)c2ccc(NC(=O)c3ccco3)s2)ccn1. The van der Waals surface area contributed by atoms with E-state index in [1.54, 1.807) is 36.7 Å². The highest BCUT2D eigenvalue weighted by molar-refractivity contribution is 7.18. The van der Waals surface area contributed by atoms with Gasteiger partial charge in [0.05, 0.1) is 16.1 Å². The molecule has 0 bridgehead atoms. The molecule has 4 rings (SSSR count). The smallest absolute Gasteiger partial charge is 0.291 e. The van der Waals surface area contributed by atoms with Crippen LogP contribution in [0.4, 0.5) is 5.00 Å². The van der Waals surface area contributed by atoms with Crippen LogP contribution in [0.1, 0.15) is 31.6 Å². The Morgan fingerprint density at radius 2 is 2.03 bits per heavy atom. The Morgan fingerprint density at radius 1 is 1.14 bits per heavy atom. The fourth-order valence-corrected chi connectivity index (χ4v) is 3.52. The van der Waals surface area contributed by atoms with Crippen LogP contribution >= 0.6 is 11.3 Å². The van der Waals surface area contributed by atoms with Gasteiger partial charge >= 0.3 is 0 Å². The molecule has 0 fully saturated rings. The van der Waals surface area contributed by atoms with Gasteiger partial charge in [0.15, 0.2) is 5.76 Å². The van der Waals surface area contributed by atoms with Crippen LogP contribution in [0.3, 0.4) is 0 Å². The molecule has 4 heterocycles. The van der Waals surface area contributed by atoms with Crippen molar-refractivity contribution < 1.29 is 14.0 Å². The zero-order valence-corrected chi connectivity index (χ0v) is 16.3. The first-order valence-electron chi connectivity index (χ1n) is 8.78. The lowest BCUT2D eigenvalue weighted by atomic mass is 10.2. The Bertz CT molecular complexity index is 1150. The van der Waals surface area contributed by atoms with Crippen molar-refractivity contribution in [1.29, 1.82) is 0 Å². The lowest BCUT2D eigenvalue weighted by molar-refractivity contribution is 0.0953. The number of aryl methyl sites for hydroxylation is 1. The van der Waals surface area contributed by atoms with Crippen molar-refractivity contribution in [1.82, 2.24) is 19.9 Å². The standard InChI is InChI=1S/C20H17N5O3S/c1-13-21-8-9-25(13)17-11-14(6-7-22-17)12-23-20(27)16-4-5-18(29-16)24-19(26)15-3-2-10-28-15/h2-11H,12H2,1H3,(H,23,27)(H,24,26). The minimum atomic E-state index is -0.358. The lowest BCUT2D eigenvalue weighted by Gasteiger charge is -2.07. The topological polar surface area (TPSA) is 102 Å². The van der Waals surface area contributed by atoms with Gasteiger partial charge in [0.2, 0.25) is 0 Å². The Morgan fingerprint density at radius 3 is 2.79 bits per heavy atom. The number of thiophene rings is 1. The van der Waals surface area contributed by atoms with E-state index < -0.39 is 0 Å². The summed E-state index contributed by atoms with van der Waals surface area (Å²) in [4.78, 5) is 33.5. The summed E-state index contributed by atoms with van der Waals surface area (Å²) in [5.74, 6) is 1.21. The van der Waals surface area contributed by atoms with E-state index in [1.165, 1.54) is 17.6 Å². The van der Waals surface area contributed by atoms with E-state index in [9.17, 15) is 9.59 Å². The molecular formula is C20H17N5O3S. The minimum absolute atomic E-state index is 0.214. The normalized spacial score (nSPS) is 10.7. The molecular weight excluding hydrogens is 390 g/mol. The maximum absolute atomic E-state index is 12.5. The first-order valence-corrected chi connectivity index (χ1v) is 9.60. The van der Waals surface area contributed by atoms with Gasteiger partial charge < -0.3 is 15.1 Å². The third kappa shape index (κ3) is 4.25. The van der Waals surface area contributed by atoms with Crippen molar-refractivity contribution in [3.63, 3.8) is 0 Å². The second-order valence-electron chi connectivity index (χ2n) is 6.14. The van der Waals surface area contributed by atoms with Crippen molar-refractivity contribution in [2.75, 3.05) is 5.32 Å². The third-order valence-electron chi connectivity index (χ3n) is 4.15. The van der Waals surface area contributed by atoms with Crippen LogP contribution in [0.25, 0.3) is 5.82 Å². The van der Waals surface area contributed by atoms with Gasteiger partial charge in [0.25, 0.3) is 11.8 Å². The Balaban J connectivity index is 1.37. The Kier molecular flexibility index (Phi) is 5.21. The summed E-state index contributed by atoms with van der Waals surface area (Å²) >= 11 is 1.19. The van der Waals surface area contributed by atoms with E-state index in [0.29, 0.717) is 16.4 Å². The van der Waals surface area contributed by atoms with Crippen LogP contribution in [0.5, 0.6) is 0 Å². The number of nitrogens with zero attached hydrogens (tertiary/aromatic N) is 3. The van der Waals surface area contributed by atoms with Crippen molar-refractivity contribution in [3.8, 4) is 5.82 Å². The summed E-state index contributed by atoms with van der Waals surface area (Å²) in [6.07, 6.45) is 6.68. The molecule has 2 amide bonds. The summed E-state index contributed by atoms with van der Waals surface area (Å²) < 4.78 is 6.93.